The number of amides is 1. The Kier molecular flexibility index (Phi) is 5.29. The molecule has 1 N–H and O–H groups in total. The van der Waals surface area contributed by atoms with E-state index in [4.69, 9.17) is 9.47 Å². The average Bonchev–Trinajstić information content (AvgIpc) is 3.18. The number of nitrogens with zero attached hydrogens (tertiary/aromatic N) is 3. The van der Waals surface area contributed by atoms with Gasteiger partial charge in [-0.1, -0.05) is 0 Å². The molecule has 0 aliphatic carbocycles. The van der Waals surface area contributed by atoms with Crippen molar-refractivity contribution >= 4 is 5.91 Å². The van der Waals surface area contributed by atoms with Gasteiger partial charge in [0.1, 0.15) is 5.60 Å². The van der Waals surface area contributed by atoms with Crippen LogP contribution in [0.1, 0.15) is 43.9 Å². The van der Waals surface area contributed by atoms with E-state index in [1.54, 1.807) is 0 Å². The summed E-state index contributed by atoms with van der Waals surface area (Å²) >= 11 is 0. The zero-order chi connectivity index (χ0) is 18.0. The lowest BCUT2D eigenvalue weighted by molar-refractivity contribution is -0.141. The van der Waals surface area contributed by atoms with E-state index >= 15 is 0 Å². The van der Waals surface area contributed by atoms with Crippen molar-refractivity contribution in [2.24, 2.45) is 0 Å². The molecule has 2 fully saturated rings. The zero-order valence-corrected chi connectivity index (χ0v) is 15.7. The van der Waals surface area contributed by atoms with Gasteiger partial charge in [-0.05, 0) is 38.2 Å². The highest BCUT2D eigenvalue weighted by atomic mass is 16.5. The predicted molar refractivity (Wildman–Crippen MR) is 96.8 cm³/mol. The summed E-state index contributed by atoms with van der Waals surface area (Å²) in [5.41, 5.74) is 2.15. The van der Waals surface area contributed by atoms with Gasteiger partial charge >= 0.3 is 0 Å². The fourth-order valence-corrected chi connectivity index (χ4v) is 4.53. The van der Waals surface area contributed by atoms with Crippen molar-refractivity contribution in [3.63, 3.8) is 0 Å². The van der Waals surface area contributed by atoms with E-state index in [9.17, 15) is 4.79 Å². The standard InChI is InChI=1S/C19H30N4O3/c1-15(22-9-12-25-13-10-22)2-3-17(24)23-7-5-19(6-8-23)18-16(4-11-26-19)14-20-21-18/h14-15H,2-13H2,1H3,(H,20,21). The first-order valence-corrected chi connectivity index (χ1v) is 9.94. The second-order valence-corrected chi connectivity index (χ2v) is 7.78. The van der Waals surface area contributed by atoms with Crippen LogP contribution in [-0.4, -0.2) is 77.9 Å². The van der Waals surface area contributed by atoms with Gasteiger partial charge in [-0.2, -0.15) is 5.10 Å². The third kappa shape index (κ3) is 3.52. The number of rotatable bonds is 4. The summed E-state index contributed by atoms with van der Waals surface area (Å²) in [6, 6.07) is 0.438. The summed E-state index contributed by atoms with van der Waals surface area (Å²) in [6.07, 6.45) is 6.10. The van der Waals surface area contributed by atoms with Crippen LogP contribution in [0.5, 0.6) is 0 Å². The lowest BCUT2D eigenvalue weighted by Gasteiger charge is -2.43. The second kappa shape index (κ2) is 7.66. The molecule has 4 heterocycles. The van der Waals surface area contributed by atoms with Crippen LogP contribution >= 0.6 is 0 Å². The molecular weight excluding hydrogens is 332 g/mol. The molecule has 0 saturated carbocycles. The first kappa shape index (κ1) is 17.9. The Morgan fingerprint density at radius 2 is 2.04 bits per heavy atom. The molecule has 1 amide bonds. The molecule has 1 aromatic heterocycles. The molecule has 1 spiro atoms. The number of hydrogen-bond donors (Lipinski definition) is 1. The maximum absolute atomic E-state index is 12.7. The predicted octanol–water partition coefficient (Wildman–Crippen LogP) is 1.30. The highest BCUT2D eigenvalue weighted by Gasteiger charge is 2.43. The summed E-state index contributed by atoms with van der Waals surface area (Å²) in [5, 5.41) is 7.35. The van der Waals surface area contributed by atoms with Crippen LogP contribution in [0.4, 0.5) is 0 Å². The number of nitrogens with one attached hydrogen (secondary N) is 1. The molecule has 3 aliphatic rings. The number of aromatic amines is 1. The van der Waals surface area contributed by atoms with E-state index in [2.05, 4.69) is 22.0 Å². The third-order valence-electron chi connectivity index (χ3n) is 6.29. The summed E-state index contributed by atoms with van der Waals surface area (Å²) < 4.78 is 11.6. The normalized spacial score (nSPS) is 24.4. The molecule has 1 unspecified atom stereocenters. The minimum absolute atomic E-state index is 0.262. The zero-order valence-electron chi connectivity index (χ0n) is 15.7. The highest BCUT2D eigenvalue weighted by molar-refractivity contribution is 5.76. The van der Waals surface area contributed by atoms with Gasteiger partial charge in [0.2, 0.25) is 5.91 Å². The number of piperidine rings is 1. The minimum atomic E-state index is -0.262. The molecule has 1 atom stereocenters. The first-order valence-electron chi connectivity index (χ1n) is 9.94. The van der Waals surface area contributed by atoms with Crippen molar-refractivity contribution in [1.29, 1.82) is 0 Å². The van der Waals surface area contributed by atoms with Gasteiger partial charge in [0, 0.05) is 38.6 Å². The van der Waals surface area contributed by atoms with Crippen LogP contribution in [0, 0.1) is 0 Å². The fraction of sp³-hybridized carbons (Fsp3) is 0.789. The second-order valence-electron chi connectivity index (χ2n) is 7.78. The van der Waals surface area contributed by atoms with E-state index < -0.39 is 0 Å². The van der Waals surface area contributed by atoms with Crippen LogP contribution in [0.2, 0.25) is 0 Å². The van der Waals surface area contributed by atoms with Gasteiger partial charge in [-0.25, -0.2) is 0 Å². The Bertz CT molecular complexity index is 618. The summed E-state index contributed by atoms with van der Waals surface area (Å²) in [6.45, 7) is 8.07. The summed E-state index contributed by atoms with van der Waals surface area (Å²) in [5.74, 6) is 0.278. The number of morpholine rings is 1. The monoisotopic (exact) mass is 362 g/mol. The highest BCUT2D eigenvalue weighted by Crippen LogP contribution is 2.40. The van der Waals surface area contributed by atoms with Gasteiger partial charge in [-0.15, -0.1) is 0 Å². The molecule has 144 valence electrons. The molecule has 0 aromatic carbocycles. The van der Waals surface area contributed by atoms with Crippen LogP contribution in [0.3, 0.4) is 0 Å². The minimum Gasteiger partial charge on any atom is -0.379 e. The molecule has 7 nitrogen and oxygen atoms in total. The van der Waals surface area contributed by atoms with Gasteiger partial charge in [0.15, 0.2) is 0 Å². The van der Waals surface area contributed by atoms with Gasteiger partial charge < -0.3 is 14.4 Å². The Hall–Kier alpha value is -1.44. The van der Waals surface area contributed by atoms with E-state index in [-0.39, 0.29) is 11.5 Å². The Morgan fingerprint density at radius 3 is 2.81 bits per heavy atom. The van der Waals surface area contributed by atoms with Gasteiger partial charge in [0.05, 0.1) is 31.7 Å². The molecule has 1 aromatic rings. The lowest BCUT2D eigenvalue weighted by Crippen LogP contribution is -2.48. The topological polar surface area (TPSA) is 70.7 Å². The molecule has 0 radical (unpaired) electrons. The quantitative estimate of drug-likeness (QED) is 0.874. The number of carbonyl (C=O) groups excluding carboxylic acids is 1. The van der Waals surface area contributed by atoms with Gasteiger partial charge in [0.25, 0.3) is 0 Å². The number of aromatic nitrogens is 2. The number of likely N-dealkylation sites (tertiary alicyclic amines) is 1. The number of carbonyl (C=O) groups is 1. The number of fused-ring (bicyclic) bond motifs is 2. The van der Waals surface area contributed by atoms with Crippen molar-refractivity contribution in [1.82, 2.24) is 20.0 Å². The van der Waals surface area contributed by atoms with E-state index in [0.29, 0.717) is 12.5 Å². The molecule has 4 rings (SSSR count). The molecule has 7 heteroatoms. The maximum atomic E-state index is 12.7. The van der Waals surface area contributed by atoms with Gasteiger partial charge in [-0.3, -0.25) is 14.8 Å². The van der Waals surface area contributed by atoms with Crippen molar-refractivity contribution in [3.8, 4) is 0 Å². The molecule has 0 bridgehead atoms. The number of ether oxygens (including phenoxy) is 2. The summed E-state index contributed by atoms with van der Waals surface area (Å²) in [7, 11) is 0. The largest absolute Gasteiger partial charge is 0.379 e. The maximum Gasteiger partial charge on any atom is 0.222 e. The Labute approximate surface area is 155 Å². The summed E-state index contributed by atoms with van der Waals surface area (Å²) in [4.78, 5) is 17.1. The Balaban J connectivity index is 1.28. The van der Waals surface area contributed by atoms with Crippen molar-refractivity contribution < 1.29 is 14.3 Å². The lowest BCUT2D eigenvalue weighted by atomic mass is 9.83. The van der Waals surface area contributed by atoms with E-state index in [1.165, 1.54) is 5.56 Å². The SMILES string of the molecule is CC(CCC(=O)N1CCC2(CC1)OCCc1cn[nH]c12)N1CCOCC1. The molecular formula is C19H30N4O3. The Morgan fingerprint density at radius 1 is 1.27 bits per heavy atom. The van der Waals surface area contributed by atoms with E-state index in [0.717, 1.165) is 77.4 Å². The fourth-order valence-electron chi connectivity index (χ4n) is 4.53. The smallest absolute Gasteiger partial charge is 0.222 e. The average molecular weight is 362 g/mol. The van der Waals surface area contributed by atoms with Crippen LogP contribution in [-0.2, 0) is 26.3 Å². The molecule has 2 saturated heterocycles. The van der Waals surface area contributed by atoms with Crippen molar-refractivity contribution in [2.75, 3.05) is 46.0 Å². The van der Waals surface area contributed by atoms with Crippen LogP contribution < -0.4 is 0 Å². The molecule has 26 heavy (non-hydrogen) atoms. The van der Waals surface area contributed by atoms with E-state index in [1.807, 2.05) is 11.1 Å². The van der Waals surface area contributed by atoms with Crippen LogP contribution in [0.25, 0.3) is 0 Å². The van der Waals surface area contributed by atoms with Crippen molar-refractivity contribution in [3.05, 3.63) is 17.5 Å². The molecule has 3 aliphatic heterocycles. The van der Waals surface area contributed by atoms with Crippen LogP contribution in [0.15, 0.2) is 6.20 Å². The number of H-pyrrole nitrogens is 1. The first-order chi connectivity index (χ1) is 12.7. The van der Waals surface area contributed by atoms with Crippen molar-refractivity contribution in [2.45, 2.75) is 50.7 Å². The third-order valence-corrected chi connectivity index (χ3v) is 6.29. The number of hydrogen-bond acceptors (Lipinski definition) is 5.